The van der Waals surface area contributed by atoms with Crippen LogP contribution in [-0.2, 0) is 14.8 Å². The summed E-state index contributed by atoms with van der Waals surface area (Å²) in [4.78, 5) is 21.5. The SMILES string of the molecule is O=C1[C@@H](N2CCC[C@@H](c3cc(Cl)cc(Cl)c3)C2)CCN1c1ccc(S(=O)(=O)Nc2nccs2)cc1. The molecule has 2 atom stereocenters. The molecule has 2 aromatic carbocycles. The Morgan fingerprint density at radius 2 is 1.77 bits per heavy atom. The van der Waals surface area contributed by atoms with E-state index in [0.717, 1.165) is 37.9 Å². The minimum absolute atomic E-state index is 0.0475. The number of nitrogens with zero attached hydrogens (tertiary/aromatic N) is 3. The Morgan fingerprint density at radius 3 is 2.46 bits per heavy atom. The molecule has 35 heavy (non-hydrogen) atoms. The molecule has 2 aliphatic rings. The number of amides is 1. The summed E-state index contributed by atoms with van der Waals surface area (Å²) in [5.74, 6) is 0.322. The van der Waals surface area contributed by atoms with Crippen molar-refractivity contribution in [3.63, 3.8) is 0 Å². The van der Waals surface area contributed by atoms with Crippen LogP contribution in [0.3, 0.4) is 0 Å². The van der Waals surface area contributed by atoms with Gasteiger partial charge in [-0.25, -0.2) is 13.4 Å². The quantitative estimate of drug-likeness (QED) is 0.454. The van der Waals surface area contributed by atoms with E-state index in [1.54, 1.807) is 28.5 Å². The van der Waals surface area contributed by atoms with Gasteiger partial charge in [0.05, 0.1) is 10.9 Å². The lowest BCUT2D eigenvalue weighted by atomic mass is 9.89. The van der Waals surface area contributed by atoms with Gasteiger partial charge in [-0.15, -0.1) is 11.3 Å². The molecule has 3 aromatic rings. The fraction of sp³-hybridized carbons (Fsp3) is 0.333. The van der Waals surface area contributed by atoms with Crippen molar-refractivity contribution in [1.29, 1.82) is 0 Å². The molecule has 0 saturated carbocycles. The third kappa shape index (κ3) is 5.34. The topological polar surface area (TPSA) is 82.6 Å². The number of piperidine rings is 1. The molecule has 11 heteroatoms. The van der Waals surface area contributed by atoms with Crippen molar-refractivity contribution >= 4 is 61.3 Å². The maximum Gasteiger partial charge on any atom is 0.263 e. The molecule has 3 heterocycles. The number of halogens is 2. The second-order valence-electron chi connectivity index (χ2n) is 8.77. The zero-order valence-corrected chi connectivity index (χ0v) is 21.9. The highest BCUT2D eigenvalue weighted by molar-refractivity contribution is 7.93. The second-order valence-corrected chi connectivity index (χ2v) is 12.2. The number of sulfonamides is 1. The van der Waals surface area contributed by atoms with Crippen LogP contribution in [0.15, 0.2) is 58.9 Å². The Hall–Kier alpha value is -2.17. The molecule has 1 amide bonds. The first-order valence-corrected chi connectivity index (χ1v) is 14.5. The minimum Gasteiger partial charge on any atom is -0.311 e. The van der Waals surface area contributed by atoms with Crippen molar-refractivity contribution in [2.24, 2.45) is 0 Å². The highest BCUT2D eigenvalue weighted by Crippen LogP contribution is 2.34. The predicted molar refractivity (Wildman–Crippen MR) is 140 cm³/mol. The smallest absolute Gasteiger partial charge is 0.263 e. The number of rotatable bonds is 6. The first kappa shape index (κ1) is 24.5. The molecule has 0 spiro atoms. The summed E-state index contributed by atoms with van der Waals surface area (Å²) in [5, 5.41) is 3.26. The summed E-state index contributed by atoms with van der Waals surface area (Å²) >= 11 is 13.6. The molecule has 0 bridgehead atoms. The van der Waals surface area contributed by atoms with E-state index in [0.29, 0.717) is 27.4 Å². The molecule has 7 nitrogen and oxygen atoms in total. The number of likely N-dealkylation sites (tertiary alicyclic amines) is 1. The number of benzene rings is 2. The monoisotopic (exact) mass is 550 g/mol. The summed E-state index contributed by atoms with van der Waals surface area (Å²) in [7, 11) is -3.74. The van der Waals surface area contributed by atoms with Crippen molar-refractivity contribution in [3.8, 4) is 0 Å². The number of nitrogens with one attached hydrogen (secondary N) is 1. The largest absolute Gasteiger partial charge is 0.311 e. The highest BCUT2D eigenvalue weighted by atomic mass is 35.5. The summed E-state index contributed by atoms with van der Waals surface area (Å²) < 4.78 is 27.7. The Morgan fingerprint density at radius 1 is 1.03 bits per heavy atom. The molecule has 5 rings (SSSR count). The summed E-state index contributed by atoms with van der Waals surface area (Å²) in [6, 6.07) is 11.9. The van der Waals surface area contributed by atoms with E-state index in [1.807, 2.05) is 12.1 Å². The lowest BCUT2D eigenvalue weighted by Gasteiger charge is -2.36. The van der Waals surface area contributed by atoms with Crippen LogP contribution in [0.2, 0.25) is 10.0 Å². The van der Waals surface area contributed by atoms with Gasteiger partial charge < -0.3 is 4.90 Å². The van der Waals surface area contributed by atoms with E-state index in [-0.39, 0.29) is 22.8 Å². The lowest BCUT2D eigenvalue weighted by molar-refractivity contribution is -0.122. The van der Waals surface area contributed by atoms with E-state index < -0.39 is 10.0 Å². The number of hydrogen-bond donors (Lipinski definition) is 1. The van der Waals surface area contributed by atoms with Crippen LogP contribution in [0.5, 0.6) is 0 Å². The highest BCUT2D eigenvalue weighted by Gasteiger charge is 2.38. The molecule has 0 aliphatic carbocycles. The molecule has 1 aromatic heterocycles. The van der Waals surface area contributed by atoms with Gasteiger partial charge in [0, 0.05) is 40.4 Å². The zero-order chi connectivity index (χ0) is 24.6. The number of anilines is 2. The molecule has 0 radical (unpaired) electrons. The second kappa shape index (κ2) is 10.1. The van der Waals surface area contributed by atoms with Gasteiger partial charge in [-0.2, -0.15) is 0 Å². The van der Waals surface area contributed by atoms with Crippen LogP contribution in [-0.4, -0.2) is 49.9 Å². The Bertz CT molecular complexity index is 1300. The molecule has 184 valence electrons. The van der Waals surface area contributed by atoms with Gasteiger partial charge in [0.2, 0.25) is 5.91 Å². The zero-order valence-electron chi connectivity index (χ0n) is 18.7. The first-order chi connectivity index (χ1) is 16.8. The van der Waals surface area contributed by atoms with Crippen LogP contribution in [0.4, 0.5) is 10.8 Å². The van der Waals surface area contributed by atoms with E-state index >= 15 is 0 Å². The first-order valence-electron chi connectivity index (χ1n) is 11.3. The molecule has 0 unspecified atom stereocenters. The number of hydrogen-bond acceptors (Lipinski definition) is 6. The maximum atomic E-state index is 13.4. The van der Waals surface area contributed by atoms with Gasteiger partial charge in [0.1, 0.15) is 0 Å². The van der Waals surface area contributed by atoms with Crippen LogP contribution in [0.25, 0.3) is 0 Å². The van der Waals surface area contributed by atoms with Gasteiger partial charge in [-0.05, 0) is 79.8 Å². The lowest BCUT2D eigenvalue weighted by Crippen LogP contribution is -2.46. The molecule has 2 aliphatic heterocycles. The van der Waals surface area contributed by atoms with E-state index in [9.17, 15) is 13.2 Å². The molecule has 2 saturated heterocycles. The van der Waals surface area contributed by atoms with Crippen LogP contribution >= 0.6 is 34.5 Å². The Balaban J connectivity index is 1.27. The maximum absolute atomic E-state index is 13.4. The molecule has 2 fully saturated rings. The van der Waals surface area contributed by atoms with Gasteiger partial charge in [0.25, 0.3) is 10.0 Å². The number of thiazole rings is 1. The van der Waals surface area contributed by atoms with Crippen molar-refractivity contribution in [3.05, 3.63) is 69.7 Å². The minimum atomic E-state index is -3.74. The average Bonchev–Trinajstić information content (AvgIpc) is 3.48. The Labute approximate surface area is 218 Å². The Kier molecular flexibility index (Phi) is 7.05. The standard InChI is InChI=1S/C24H24Cl2N4O3S2/c25-18-12-17(13-19(26)14-18)16-2-1-9-29(15-16)22-7-10-30(23(22)31)20-3-5-21(6-4-20)35(32,33)28-24-27-8-11-34-24/h3-6,8,11-14,16,22H,1-2,7,9-10,15H2,(H,27,28)/t16-,22+/m1/s1. The van der Waals surface area contributed by atoms with Crippen molar-refractivity contribution < 1.29 is 13.2 Å². The van der Waals surface area contributed by atoms with Crippen LogP contribution in [0, 0.1) is 0 Å². The molecule has 1 N–H and O–H groups in total. The van der Waals surface area contributed by atoms with Crippen molar-refractivity contribution in [1.82, 2.24) is 9.88 Å². The predicted octanol–water partition coefficient (Wildman–Crippen LogP) is 5.24. The van der Waals surface area contributed by atoms with Gasteiger partial charge in [-0.3, -0.25) is 14.4 Å². The molecular formula is C24H24Cl2N4O3S2. The summed E-state index contributed by atoms with van der Waals surface area (Å²) in [5.41, 5.74) is 1.80. The summed E-state index contributed by atoms with van der Waals surface area (Å²) in [6.45, 7) is 2.24. The van der Waals surface area contributed by atoms with Crippen molar-refractivity contribution in [2.75, 3.05) is 29.3 Å². The normalized spacial score (nSPS) is 21.4. The fourth-order valence-corrected chi connectivity index (χ4v) is 7.22. The number of carbonyl (C=O) groups excluding carboxylic acids is 1. The third-order valence-electron chi connectivity index (χ3n) is 6.54. The van der Waals surface area contributed by atoms with E-state index in [4.69, 9.17) is 23.2 Å². The van der Waals surface area contributed by atoms with Crippen LogP contribution in [0.1, 0.15) is 30.7 Å². The summed E-state index contributed by atoms with van der Waals surface area (Å²) in [6.07, 6.45) is 4.29. The van der Waals surface area contributed by atoms with E-state index in [2.05, 4.69) is 14.6 Å². The average molecular weight is 552 g/mol. The van der Waals surface area contributed by atoms with Crippen LogP contribution < -0.4 is 9.62 Å². The third-order valence-corrected chi connectivity index (χ3v) is 9.15. The van der Waals surface area contributed by atoms with Gasteiger partial charge in [0.15, 0.2) is 5.13 Å². The van der Waals surface area contributed by atoms with Crippen molar-refractivity contribution in [2.45, 2.75) is 36.1 Å². The fourth-order valence-electron chi connectivity index (χ4n) is 4.89. The van der Waals surface area contributed by atoms with Gasteiger partial charge in [-0.1, -0.05) is 23.2 Å². The van der Waals surface area contributed by atoms with E-state index in [1.165, 1.54) is 29.7 Å². The number of aromatic nitrogens is 1. The molecular weight excluding hydrogens is 527 g/mol. The van der Waals surface area contributed by atoms with Gasteiger partial charge >= 0.3 is 0 Å². The number of carbonyl (C=O) groups is 1.